The lowest BCUT2D eigenvalue weighted by Crippen LogP contribution is -2.35. The Hall–Kier alpha value is -1.69. The van der Waals surface area contributed by atoms with Gasteiger partial charge in [0, 0.05) is 18.5 Å². The number of amides is 1. The molecule has 0 radical (unpaired) electrons. The third-order valence-corrected chi connectivity index (χ3v) is 2.47. The van der Waals surface area contributed by atoms with Crippen LogP contribution in [0.3, 0.4) is 0 Å². The zero-order valence-electron chi connectivity index (χ0n) is 11.3. The molecule has 0 aliphatic carbocycles. The second-order valence-corrected chi connectivity index (χ2v) is 5.17. The van der Waals surface area contributed by atoms with Gasteiger partial charge in [0.2, 0.25) is 0 Å². The molecular formula is C12H20N4O2. The minimum Gasteiger partial charge on any atom is -0.351 e. The number of aromatic amines is 1. The summed E-state index contributed by atoms with van der Waals surface area (Å²) in [6.07, 6.45) is 0. The number of aromatic nitrogens is 2. The van der Waals surface area contributed by atoms with E-state index in [1.165, 1.54) is 0 Å². The van der Waals surface area contributed by atoms with Crippen LogP contribution in [0.15, 0.2) is 4.79 Å². The van der Waals surface area contributed by atoms with Gasteiger partial charge in [0.05, 0.1) is 5.69 Å². The van der Waals surface area contributed by atoms with Crippen LogP contribution in [0.25, 0.3) is 0 Å². The molecule has 18 heavy (non-hydrogen) atoms. The minimum absolute atomic E-state index is 0.0523. The number of carbonyl (C=O) groups is 1. The molecule has 1 amide bonds. The molecule has 0 aromatic carbocycles. The highest BCUT2D eigenvalue weighted by atomic mass is 16.2. The van der Waals surface area contributed by atoms with Gasteiger partial charge in [-0.3, -0.25) is 9.59 Å². The predicted molar refractivity (Wildman–Crippen MR) is 69.7 cm³/mol. The number of rotatable bonds is 3. The molecule has 0 aliphatic rings. The molecule has 0 atom stereocenters. The number of nitrogens with one attached hydrogen (secondary N) is 2. The van der Waals surface area contributed by atoms with E-state index in [9.17, 15) is 9.59 Å². The molecule has 100 valence electrons. The fourth-order valence-electron chi connectivity index (χ4n) is 1.48. The van der Waals surface area contributed by atoms with Crippen LogP contribution in [-0.4, -0.2) is 29.0 Å². The van der Waals surface area contributed by atoms with Crippen molar-refractivity contribution in [3.05, 3.63) is 27.4 Å². The Labute approximate surface area is 106 Å². The lowest BCUT2D eigenvalue weighted by atomic mass is 9.95. The Bertz CT molecular complexity index is 500. The molecule has 0 fully saturated rings. The summed E-state index contributed by atoms with van der Waals surface area (Å²) in [5, 5.41) is 2.56. The molecule has 1 aromatic heterocycles. The summed E-state index contributed by atoms with van der Waals surface area (Å²) in [5.74, 6) is 0.132. The molecule has 1 rings (SSSR count). The average molecular weight is 252 g/mol. The van der Waals surface area contributed by atoms with Crippen LogP contribution in [0.1, 0.15) is 42.6 Å². The van der Waals surface area contributed by atoms with Crippen LogP contribution in [0, 0.1) is 6.92 Å². The Morgan fingerprint density at radius 1 is 1.44 bits per heavy atom. The van der Waals surface area contributed by atoms with Gasteiger partial charge in [-0.15, -0.1) is 0 Å². The van der Waals surface area contributed by atoms with E-state index in [-0.39, 0.29) is 11.0 Å². The second-order valence-electron chi connectivity index (χ2n) is 5.17. The van der Waals surface area contributed by atoms with Gasteiger partial charge in [0.15, 0.2) is 0 Å². The third-order valence-electron chi connectivity index (χ3n) is 2.47. The van der Waals surface area contributed by atoms with Crippen molar-refractivity contribution in [3.63, 3.8) is 0 Å². The largest absolute Gasteiger partial charge is 0.351 e. The summed E-state index contributed by atoms with van der Waals surface area (Å²) < 4.78 is 0. The van der Waals surface area contributed by atoms with E-state index in [2.05, 4.69) is 15.3 Å². The number of hydrogen-bond acceptors (Lipinski definition) is 4. The van der Waals surface area contributed by atoms with Crippen LogP contribution in [0.4, 0.5) is 0 Å². The van der Waals surface area contributed by atoms with E-state index in [0.29, 0.717) is 24.6 Å². The number of H-pyrrole nitrogens is 1. The number of hydrogen-bond donors (Lipinski definition) is 3. The SMILES string of the molecule is Cc1nc(C(C)(C)C)[nH]c(=O)c1C(=O)NCCN. The van der Waals surface area contributed by atoms with Gasteiger partial charge in [0.1, 0.15) is 11.4 Å². The standard InChI is InChI=1S/C12H20N4O2/c1-7-8(9(17)14-6-5-13)10(18)16-11(15-7)12(2,3)4/h5-6,13H2,1-4H3,(H,14,17)(H,15,16,18). The Morgan fingerprint density at radius 3 is 2.50 bits per heavy atom. The normalized spacial score (nSPS) is 11.4. The van der Waals surface area contributed by atoms with Crippen molar-refractivity contribution in [1.29, 1.82) is 0 Å². The van der Waals surface area contributed by atoms with Crippen LogP contribution in [0.5, 0.6) is 0 Å². The van der Waals surface area contributed by atoms with Crippen LogP contribution in [0.2, 0.25) is 0 Å². The third kappa shape index (κ3) is 3.16. The van der Waals surface area contributed by atoms with Crippen LogP contribution in [-0.2, 0) is 5.41 Å². The smallest absolute Gasteiger partial charge is 0.264 e. The van der Waals surface area contributed by atoms with Gasteiger partial charge in [-0.1, -0.05) is 20.8 Å². The van der Waals surface area contributed by atoms with Crippen molar-refractivity contribution in [2.24, 2.45) is 5.73 Å². The zero-order valence-corrected chi connectivity index (χ0v) is 11.3. The summed E-state index contributed by atoms with van der Waals surface area (Å²) in [4.78, 5) is 30.6. The maximum atomic E-state index is 11.9. The van der Waals surface area contributed by atoms with Gasteiger partial charge >= 0.3 is 0 Å². The maximum Gasteiger partial charge on any atom is 0.264 e. The first-order valence-electron chi connectivity index (χ1n) is 5.87. The van der Waals surface area contributed by atoms with Gasteiger partial charge in [-0.2, -0.15) is 0 Å². The zero-order chi connectivity index (χ0) is 13.9. The van der Waals surface area contributed by atoms with Crippen LogP contribution >= 0.6 is 0 Å². The molecule has 6 heteroatoms. The Kier molecular flexibility index (Phi) is 4.24. The summed E-state index contributed by atoms with van der Waals surface area (Å²) in [5.41, 5.74) is 5.09. The van der Waals surface area contributed by atoms with Crippen molar-refractivity contribution in [2.45, 2.75) is 33.1 Å². The molecular weight excluding hydrogens is 232 g/mol. The second kappa shape index (κ2) is 5.30. The highest BCUT2D eigenvalue weighted by Crippen LogP contribution is 2.17. The maximum absolute atomic E-state index is 11.9. The fourth-order valence-corrected chi connectivity index (χ4v) is 1.48. The van der Waals surface area contributed by atoms with Gasteiger partial charge < -0.3 is 16.0 Å². The predicted octanol–water partition coefficient (Wildman–Crippen LogP) is 0.0643. The number of nitrogens with two attached hydrogens (primary N) is 1. The van der Waals surface area contributed by atoms with E-state index < -0.39 is 11.5 Å². The fraction of sp³-hybridized carbons (Fsp3) is 0.583. The topological polar surface area (TPSA) is 101 Å². The average Bonchev–Trinajstić information content (AvgIpc) is 2.24. The lowest BCUT2D eigenvalue weighted by molar-refractivity contribution is 0.0952. The lowest BCUT2D eigenvalue weighted by Gasteiger charge is -2.18. The number of aryl methyl sites for hydroxylation is 1. The van der Waals surface area contributed by atoms with Crippen molar-refractivity contribution in [1.82, 2.24) is 15.3 Å². The Balaban J connectivity index is 3.17. The van der Waals surface area contributed by atoms with E-state index in [0.717, 1.165) is 0 Å². The van der Waals surface area contributed by atoms with E-state index in [1.54, 1.807) is 6.92 Å². The van der Waals surface area contributed by atoms with Gasteiger partial charge in [-0.05, 0) is 6.92 Å². The van der Waals surface area contributed by atoms with E-state index in [1.807, 2.05) is 20.8 Å². The summed E-state index contributed by atoms with van der Waals surface area (Å²) in [6, 6.07) is 0. The van der Waals surface area contributed by atoms with E-state index in [4.69, 9.17) is 5.73 Å². The molecule has 0 bridgehead atoms. The molecule has 4 N–H and O–H groups in total. The first-order valence-corrected chi connectivity index (χ1v) is 5.87. The van der Waals surface area contributed by atoms with Crippen molar-refractivity contribution >= 4 is 5.91 Å². The molecule has 0 unspecified atom stereocenters. The van der Waals surface area contributed by atoms with Crippen molar-refractivity contribution < 1.29 is 4.79 Å². The molecule has 6 nitrogen and oxygen atoms in total. The van der Waals surface area contributed by atoms with E-state index >= 15 is 0 Å². The molecule has 0 saturated heterocycles. The number of nitrogens with zero attached hydrogens (tertiary/aromatic N) is 1. The summed E-state index contributed by atoms with van der Waals surface area (Å²) in [6.45, 7) is 8.15. The minimum atomic E-state index is -0.438. The molecule has 0 aliphatic heterocycles. The Morgan fingerprint density at radius 2 is 2.06 bits per heavy atom. The quantitative estimate of drug-likeness (QED) is 0.708. The first kappa shape index (κ1) is 14.4. The van der Waals surface area contributed by atoms with Gasteiger partial charge in [-0.25, -0.2) is 4.98 Å². The van der Waals surface area contributed by atoms with Crippen LogP contribution < -0.4 is 16.6 Å². The molecule has 1 aromatic rings. The van der Waals surface area contributed by atoms with Crippen molar-refractivity contribution in [2.75, 3.05) is 13.1 Å². The monoisotopic (exact) mass is 252 g/mol. The highest BCUT2D eigenvalue weighted by Gasteiger charge is 2.21. The first-order chi connectivity index (χ1) is 8.27. The van der Waals surface area contributed by atoms with Crippen molar-refractivity contribution in [3.8, 4) is 0 Å². The summed E-state index contributed by atoms with van der Waals surface area (Å²) in [7, 11) is 0. The summed E-state index contributed by atoms with van der Waals surface area (Å²) >= 11 is 0. The molecule has 1 heterocycles. The molecule has 0 spiro atoms. The highest BCUT2D eigenvalue weighted by molar-refractivity contribution is 5.94. The number of carbonyl (C=O) groups excluding carboxylic acids is 1. The molecule has 0 saturated carbocycles. The van der Waals surface area contributed by atoms with Gasteiger partial charge in [0.25, 0.3) is 11.5 Å².